The lowest BCUT2D eigenvalue weighted by Crippen LogP contribution is -2.36. The third-order valence-electron chi connectivity index (χ3n) is 4.98. The fourth-order valence-corrected chi connectivity index (χ4v) is 3.55. The van der Waals surface area contributed by atoms with E-state index in [1.807, 2.05) is 60.7 Å². The standard InChI is InChI=1S/C22H21N3O3/c1-28-22(27)20-11-15(13-23-20)24-21(26)17-12-19(14-7-3-2-4-8-14)25-18-10-6-5-9-16(17)18/h2-10,12,15,20,23H,11,13H2,1H3,(H,24,26)/t15-,20-/m0/s1. The Morgan fingerprint density at radius 3 is 2.64 bits per heavy atom. The number of methoxy groups -OCH3 is 1. The molecule has 4 rings (SSSR count). The molecule has 1 aromatic heterocycles. The van der Waals surface area contributed by atoms with Crippen molar-refractivity contribution in [2.75, 3.05) is 13.7 Å². The van der Waals surface area contributed by atoms with Gasteiger partial charge in [0.2, 0.25) is 0 Å². The van der Waals surface area contributed by atoms with Crippen LogP contribution in [-0.4, -0.2) is 42.6 Å². The van der Waals surface area contributed by atoms with Crippen LogP contribution < -0.4 is 10.6 Å². The van der Waals surface area contributed by atoms with Crippen LogP contribution in [0.4, 0.5) is 0 Å². The first kappa shape index (κ1) is 18.1. The molecule has 2 atom stereocenters. The van der Waals surface area contributed by atoms with Crippen LogP contribution in [0.3, 0.4) is 0 Å². The molecule has 0 spiro atoms. The third kappa shape index (κ3) is 3.59. The predicted molar refractivity (Wildman–Crippen MR) is 107 cm³/mol. The summed E-state index contributed by atoms with van der Waals surface area (Å²) in [5.74, 6) is -0.481. The van der Waals surface area contributed by atoms with Crippen molar-refractivity contribution in [3.05, 3.63) is 66.2 Å². The molecule has 2 heterocycles. The molecule has 1 fully saturated rings. The summed E-state index contributed by atoms with van der Waals surface area (Å²) < 4.78 is 4.77. The van der Waals surface area contributed by atoms with E-state index in [1.165, 1.54) is 7.11 Å². The monoisotopic (exact) mass is 375 g/mol. The molecule has 3 aromatic rings. The van der Waals surface area contributed by atoms with E-state index < -0.39 is 0 Å². The Labute approximate surface area is 162 Å². The minimum atomic E-state index is -0.385. The Kier molecular flexibility index (Phi) is 5.04. The van der Waals surface area contributed by atoms with Crippen molar-refractivity contribution in [3.8, 4) is 11.3 Å². The van der Waals surface area contributed by atoms with Gasteiger partial charge in [0.1, 0.15) is 6.04 Å². The number of carbonyl (C=O) groups excluding carboxylic acids is 2. The number of fused-ring (bicyclic) bond motifs is 1. The SMILES string of the molecule is COC(=O)[C@@H]1C[C@H](NC(=O)c2cc(-c3ccccc3)nc3ccccc23)CN1. The van der Waals surface area contributed by atoms with Crippen molar-refractivity contribution in [2.45, 2.75) is 18.5 Å². The lowest BCUT2D eigenvalue weighted by molar-refractivity contribution is -0.142. The van der Waals surface area contributed by atoms with Crippen LogP contribution in [0.5, 0.6) is 0 Å². The van der Waals surface area contributed by atoms with E-state index in [1.54, 1.807) is 0 Å². The van der Waals surface area contributed by atoms with Gasteiger partial charge >= 0.3 is 5.97 Å². The lowest BCUT2D eigenvalue weighted by atomic mass is 10.0. The number of ether oxygens (including phenoxy) is 1. The molecule has 2 N–H and O–H groups in total. The van der Waals surface area contributed by atoms with Gasteiger partial charge in [0, 0.05) is 23.5 Å². The molecule has 0 radical (unpaired) electrons. The summed E-state index contributed by atoms with van der Waals surface area (Å²) in [4.78, 5) is 29.5. The third-order valence-corrected chi connectivity index (χ3v) is 4.98. The van der Waals surface area contributed by atoms with Gasteiger partial charge in [-0.3, -0.25) is 9.59 Å². The Morgan fingerprint density at radius 2 is 1.86 bits per heavy atom. The molecule has 1 saturated heterocycles. The van der Waals surface area contributed by atoms with E-state index >= 15 is 0 Å². The second kappa shape index (κ2) is 7.78. The fraction of sp³-hybridized carbons (Fsp3) is 0.227. The number of esters is 1. The van der Waals surface area contributed by atoms with Crippen LogP contribution in [0.1, 0.15) is 16.8 Å². The van der Waals surface area contributed by atoms with Gasteiger partial charge in [-0.1, -0.05) is 48.5 Å². The molecule has 1 aliphatic heterocycles. The number of pyridine rings is 1. The second-order valence-corrected chi connectivity index (χ2v) is 6.83. The van der Waals surface area contributed by atoms with E-state index in [2.05, 4.69) is 10.6 Å². The average Bonchev–Trinajstić information content (AvgIpc) is 3.21. The van der Waals surface area contributed by atoms with Gasteiger partial charge in [0.05, 0.1) is 23.9 Å². The van der Waals surface area contributed by atoms with E-state index in [9.17, 15) is 9.59 Å². The van der Waals surface area contributed by atoms with Gasteiger partial charge in [-0.25, -0.2) is 4.98 Å². The first-order valence-electron chi connectivity index (χ1n) is 9.23. The summed E-state index contributed by atoms with van der Waals surface area (Å²) >= 11 is 0. The molecule has 1 amide bonds. The number of nitrogens with zero attached hydrogens (tertiary/aromatic N) is 1. The molecule has 0 saturated carbocycles. The van der Waals surface area contributed by atoms with Crippen molar-refractivity contribution in [1.82, 2.24) is 15.6 Å². The van der Waals surface area contributed by atoms with Crippen molar-refractivity contribution < 1.29 is 14.3 Å². The van der Waals surface area contributed by atoms with Crippen molar-refractivity contribution in [2.24, 2.45) is 0 Å². The first-order chi connectivity index (χ1) is 13.7. The van der Waals surface area contributed by atoms with Crippen molar-refractivity contribution in [1.29, 1.82) is 0 Å². The maximum absolute atomic E-state index is 13.1. The molecular weight excluding hydrogens is 354 g/mol. The van der Waals surface area contributed by atoms with Crippen LogP contribution in [0.25, 0.3) is 22.2 Å². The Hall–Kier alpha value is -3.25. The zero-order chi connectivity index (χ0) is 19.5. The smallest absolute Gasteiger partial charge is 0.322 e. The number of hydrogen-bond donors (Lipinski definition) is 2. The highest BCUT2D eigenvalue weighted by atomic mass is 16.5. The number of rotatable bonds is 4. The minimum absolute atomic E-state index is 0.135. The Bertz CT molecular complexity index is 1020. The summed E-state index contributed by atoms with van der Waals surface area (Å²) in [6.07, 6.45) is 0.507. The molecule has 6 heteroatoms. The molecule has 6 nitrogen and oxygen atoms in total. The zero-order valence-corrected chi connectivity index (χ0v) is 15.5. The summed E-state index contributed by atoms with van der Waals surface area (Å²) in [5, 5.41) is 6.93. The van der Waals surface area contributed by atoms with Crippen LogP contribution in [0.15, 0.2) is 60.7 Å². The summed E-state index contributed by atoms with van der Waals surface area (Å²) in [6.45, 7) is 0.528. The Morgan fingerprint density at radius 1 is 1.11 bits per heavy atom. The highest BCUT2D eigenvalue weighted by Crippen LogP contribution is 2.25. The largest absolute Gasteiger partial charge is 0.468 e. The molecule has 0 unspecified atom stereocenters. The van der Waals surface area contributed by atoms with E-state index in [0.29, 0.717) is 18.5 Å². The number of aromatic nitrogens is 1. The van der Waals surface area contributed by atoms with Crippen molar-refractivity contribution in [3.63, 3.8) is 0 Å². The van der Waals surface area contributed by atoms with Gasteiger partial charge in [0.15, 0.2) is 0 Å². The van der Waals surface area contributed by atoms with Crippen LogP contribution in [0.2, 0.25) is 0 Å². The van der Waals surface area contributed by atoms with Crippen LogP contribution in [-0.2, 0) is 9.53 Å². The van der Waals surface area contributed by atoms with Gasteiger partial charge in [-0.15, -0.1) is 0 Å². The Balaban J connectivity index is 1.64. The molecular formula is C22H21N3O3. The van der Waals surface area contributed by atoms with Gasteiger partial charge < -0.3 is 15.4 Å². The average molecular weight is 375 g/mol. The van der Waals surface area contributed by atoms with Gasteiger partial charge in [-0.2, -0.15) is 0 Å². The number of para-hydroxylation sites is 1. The topological polar surface area (TPSA) is 80.3 Å². The molecule has 2 aromatic carbocycles. The molecule has 0 bridgehead atoms. The number of nitrogens with one attached hydrogen (secondary N) is 2. The van der Waals surface area contributed by atoms with Gasteiger partial charge in [-0.05, 0) is 18.6 Å². The van der Waals surface area contributed by atoms with Crippen LogP contribution in [0, 0.1) is 0 Å². The maximum atomic E-state index is 13.1. The second-order valence-electron chi connectivity index (χ2n) is 6.83. The molecule has 28 heavy (non-hydrogen) atoms. The molecule has 0 aliphatic carbocycles. The summed E-state index contributed by atoms with van der Waals surface area (Å²) in [5.41, 5.74) is 3.05. The van der Waals surface area contributed by atoms with Crippen LogP contribution >= 0.6 is 0 Å². The molecule has 1 aliphatic rings. The number of hydrogen-bond acceptors (Lipinski definition) is 5. The number of amides is 1. The first-order valence-corrected chi connectivity index (χ1v) is 9.23. The fourth-order valence-electron chi connectivity index (χ4n) is 3.55. The minimum Gasteiger partial charge on any atom is -0.468 e. The van der Waals surface area contributed by atoms with Crippen molar-refractivity contribution >= 4 is 22.8 Å². The van der Waals surface area contributed by atoms with E-state index in [0.717, 1.165) is 22.2 Å². The maximum Gasteiger partial charge on any atom is 0.322 e. The van der Waals surface area contributed by atoms with E-state index in [4.69, 9.17) is 9.72 Å². The zero-order valence-electron chi connectivity index (χ0n) is 15.5. The summed E-state index contributed by atoms with van der Waals surface area (Å²) in [7, 11) is 1.37. The quantitative estimate of drug-likeness (QED) is 0.685. The highest BCUT2D eigenvalue weighted by Gasteiger charge is 2.31. The van der Waals surface area contributed by atoms with Gasteiger partial charge in [0.25, 0.3) is 5.91 Å². The number of benzene rings is 2. The summed E-state index contributed by atoms with van der Waals surface area (Å²) in [6, 6.07) is 18.7. The number of carbonyl (C=O) groups is 2. The predicted octanol–water partition coefficient (Wildman–Crippen LogP) is 2.54. The van der Waals surface area contributed by atoms with E-state index in [-0.39, 0.29) is 24.0 Å². The molecule has 142 valence electrons. The normalized spacial score (nSPS) is 18.8. The lowest BCUT2D eigenvalue weighted by Gasteiger charge is -2.14. The highest BCUT2D eigenvalue weighted by molar-refractivity contribution is 6.07.